The van der Waals surface area contributed by atoms with Crippen molar-refractivity contribution in [3.8, 4) is 0 Å². The van der Waals surface area contributed by atoms with Crippen LogP contribution in [0.3, 0.4) is 0 Å². The number of fused-ring (bicyclic) bond motifs is 1. The minimum Gasteiger partial charge on any atom is -0.356 e. The van der Waals surface area contributed by atoms with Crippen LogP contribution < -0.4 is 10.6 Å². The van der Waals surface area contributed by atoms with Crippen LogP contribution in [0.4, 0.5) is 0 Å². The Hall–Kier alpha value is -0.510. The van der Waals surface area contributed by atoms with Crippen LogP contribution in [0.1, 0.15) is 50.7 Å². The van der Waals surface area contributed by atoms with Gasteiger partial charge in [0.2, 0.25) is 0 Å². The molecule has 8 heteroatoms. The molecule has 0 spiro atoms. The summed E-state index contributed by atoms with van der Waals surface area (Å²) in [5.74, 6) is 4.95. The van der Waals surface area contributed by atoms with Crippen molar-refractivity contribution in [2.24, 2.45) is 10.9 Å². The highest BCUT2D eigenvalue weighted by Crippen LogP contribution is 2.28. The number of aryl methyl sites for hydroxylation is 2. The third-order valence-electron chi connectivity index (χ3n) is 5.38. The second-order valence-electron chi connectivity index (χ2n) is 7.22. The molecule has 0 amide bonds. The Morgan fingerprint density at radius 2 is 2.15 bits per heavy atom. The van der Waals surface area contributed by atoms with Crippen LogP contribution >= 0.6 is 35.7 Å². The molecule has 148 valence electrons. The third kappa shape index (κ3) is 5.74. The topological polar surface area (TPSA) is 67.1 Å². The molecule has 1 aromatic heterocycles. The Balaban J connectivity index is 0.00000243. The summed E-state index contributed by atoms with van der Waals surface area (Å²) < 4.78 is 2.26. The summed E-state index contributed by atoms with van der Waals surface area (Å²) in [7, 11) is 1.87. The number of guanidine groups is 1. The van der Waals surface area contributed by atoms with Gasteiger partial charge in [0.1, 0.15) is 11.6 Å². The summed E-state index contributed by atoms with van der Waals surface area (Å²) in [6, 6.07) is 0.557. The number of aliphatic imine (C=N–C) groups is 1. The number of nitrogens with one attached hydrogen (secondary N) is 2. The lowest BCUT2D eigenvalue weighted by molar-refractivity contribution is 0.356. The van der Waals surface area contributed by atoms with E-state index in [2.05, 4.69) is 49.1 Å². The van der Waals surface area contributed by atoms with E-state index in [1.54, 1.807) is 0 Å². The van der Waals surface area contributed by atoms with Crippen molar-refractivity contribution in [1.29, 1.82) is 0 Å². The van der Waals surface area contributed by atoms with Crippen molar-refractivity contribution in [3.63, 3.8) is 0 Å². The molecule has 1 aliphatic heterocycles. The Morgan fingerprint density at radius 3 is 2.92 bits per heavy atom. The van der Waals surface area contributed by atoms with Gasteiger partial charge in [0, 0.05) is 37.8 Å². The SMILES string of the molecule is CCSC1CCCC(NC(=NC)NCC2CCc3nnc(C)n3C2)C1.I. The van der Waals surface area contributed by atoms with Gasteiger partial charge in [-0.15, -0.1) is 34.2 Å². The zero-order chi connectivity index (χ0) is 17.6. The molecule has 2 heterocycles. The molecule has 0 radical (unpaired) electrons. The maximum Gasteiger partial charge on any atom is 0.191 e. The molecule has 0 aromatic carbocycles. The van der Waals surface area contributed by atoms with Gasteiger partial charge < -0.3 is 15.2 Å². The fourth-order valence-electron chi connectivity index (χ4n) is 3.99. The summed E-state index contributed by atoms with van der Waals surface area (Å²) in [4.78, 5) is 4.45. The van der Waals surface area contributed by atoms with E-state index >= 15 is 0 Å². The van der Waals surface area contributed by atoms with E-state index in [9.17, 15) is 0 Å². The molecule has 2 aliphatic rings. The van der Waals surface area contributed by atoms with Gasteiger partial charge >= 0.3 is 0 Å². The van der Waals surface area contributed by atoms with Crippen LogP contribution in [-0.2, 0) is 13.0 Å². The Labute approximate surface area is 178 Å². The molecule has 3 atom stereocenters. The molecule has 6 nitrogen and oxygen atoms in total. The van der Waals surface area contributed by atoms with Gasteiger partial charge in [-0.25, -0.2) is 0 Å². The lowest BCUT2D eigenvalue weighted by Crippen LogP contribution is -2.47. The molecule has 1 saturated carbocycles. The Bertz CT molecular complexity index is 588. The van der Waals surface area contributed by atoms with Gasteiger partial charge in [-0.05, 0) is 44.3 Å². The number of rotatable bonds is 5. The quantitative estimate of drug-likeness (QED) is 0.376. The molecule has 1 fully saturated rings. The van der Waals surface area contributed by atoms with Crippen molar-refractivity contribution in [3.05, 3.63) is 11.6 Å². The highest BCUT2D eigenvalue weighted by Gasteiger charge is 2.24. The van der Waals surface area contributed by atoms with Crippen LogP contribution in [0.25, 0.3) is 0 Å². The monoisotopic (exact) mass is 492 g/mol. The van der Waals surface area contributed by atoms with Crippen LogP contribution in [0.2, 0.25) is 0 Å². The van der Waals surface area contributed by atoms with Crippen LogP contribution in [0, 0.1) is 12.8 Å². The highest BCUT2D eigenvalue weighted by molar-refractivity contribution is 14.0. The molecule has 1 aromatic rings. The number of aromatic nitrogens is 3. The number of thioether (sulfide) groups is 1. The molecule has 0 saturated heterocycles. The number of nitrogens with zero attached hydrogens (tertiary/aromatic N) is 4. The smallest absolute Gasteiger partial charge is 0.191 e. The molecule has 0 bridgehead atoms. The van der Waals surface area contributed by atoms with E-state index in [4.69, 9.17) is 0 Å². The summed E-state index contributed by atoms with van der Waals surface area (Å²) in [6.45, 7) is 6.27. The van der Waals surface area contributed by atoms with Crippen LogP contribution in [-0.4, -0.2) is 51.4 Å². The predicted octanol–water partition coefficient (Wildman–Crippen LogP) is 3.00. The zero-order valence-corrected chi connectivity index (χ0v) is 19.3. The number of hydrogen-bond acceptors (Lipinski definition) is 4. The van der Waals surface area contributed by atoms with Crippen molar-refractivity contribution in [1.82, 2.24) is 25.4 Å². The third-order valence-corrected chi connectivity index (χ3v) is 6.61. The van der Waals surface area contributed by atoms with E-state index in [1.165, 1.54) is 37.9 Å². The van der Waals surface area contributed by atoms with Gasteiger partial charge in [0.05, 0.1) is 0 Å². The van der Waals surface area contributed by atoms with Gasteiger partial charge in [0.25, 0.3) is 0 Å². The first-order chi connectivity index (χ1) is 12.2. The van der Waals surface area contributed by atoms with Crippen LogP contribution in [0.5, 0.6) is 0 Å². The summed E-state index contributed by atoms with van der Waals surface area (Å²) in [5.41, 5.74) is 0. The van der Waals surface area contributed by atoms with Gasteiger partial charge in [-0.1, -0.05) is 13.3 Å². The van der Waals surface area contributed by atoms with E-state index in [-0.39, 0.29) is 24.0 Å². The average Bonchev–Trinajstić information content (AvgIpc) is 3.00. The van der Waals surface area contributed by atoms with E-state index in [0.717, 1.165) is 42.4 Å². The molecular weight excluding hydrogens is 459 g/mol. The fourth-order valence-corrected chi connectivity index (χ4v) is 5.16. The Morgan fingerprint density at radius 1 is 1.31 bits per heavy atom. The average molecular weight is 492 g/mol. The number of hydrogen-bond donors (Lipinski definition) is 2. The molecule has 2 N–H and O–H groups in total. The van der Waals surface area contributed by atoms with Crippen molar-refractivity contribution >= 4 is 41.7 Å². The lowest BCUT2D eigenvalue weighted by Gasteiger charge is -2.31. The Kier molecular flexibility index (Phi) is 8.99. The molecule has 1 aliphatic carbocycles. The normalized spacial score (nSPS) is 26.0. The van der Waals surface area contributed by atoms with Crippen LogP contribution in [0.15, 0.2) is 4.99 Å². The minimum absolute atomic E-state index is 0. The maximum atomic E-state index is 4.45. The standard InChI is InChI=1S/C18H32N6S.HI/c1-4-25-16-7-5-6-15(10-16)21-18(19-3)20-11-14-8-9-17-23-22-13(2)24(17)12-14;/h14-16H,4-12H2,1-3H3,(H2,19,20,21);1H. The minimum atomic E-state index is 0. The second kappa shape index (κ2) is 10.7. The van der Waals surface area contributed by atoms with Gasteiger partial charge in [-0.2, -0.15) is 11.8 Å². The van der Waals surface area contributed by atoms with E-state index in [1.807, 2.05) is 14.0 Å². The van der Waals surface area contributed by atoms with E-state index < -0.39 is 0 Å². The summed E-state index contributed by atoms with van der Waals surface area (Å²) >= 11 is 2.11. The zero-order valence-electron chi connectivity index (χ0n) is 16.2. The highest BCUT2D eigenvalue weighted by atomic mass is 127. The molecule has 26 heavy (non-hydrogen) atoms. The second-order valence-corrected chi connectivity index (χ2v) is 8.79. The molecular formula is C18H33IN6S. The maximum absolute atomic E-state index is 4.45. The van der Waals surface area contributed by atoms with Crippen molar-refractivity contribution in [2.45, 2.75) is 70.2 Å². The molecule has 3 rings (SSSR count). The first-order valence-corrected chi connectivity index (χ1v) is 10.7. The largest absolute Gasteiger partial charge is 0.356 e. The van der Waals surface area contributed by atoms with Gasteiger partial charge in [-0.3, -0.25) is 4.99 Å². The predicted molar refractivity (Wildman–Crippen MR) is 121 cm³/mol. The fraction of sp³-hybridized carbons (Fsp3) is 0.833. The molecule has 3 unspecified atom stereocenters. The van der Waals surface area contributed by atoms with Crippen molar-refractivity contribution < 1.29 is 0 Å². The summed E-state index contributed by atoms with van der Waals surface area (Å²) in [5, 5.41) is 16.5. The number of halogens is 1. The first kappa shape index (κ1) is 21.8. The van der Waals surface area contributed by atoms with E-state index in [0.29, 0.717) is 12.0 Å². The summed E-state index contributed by atoms with van der Waals surface area (Å²) in [6.07, 6.45) is 7.40. The van der Waals surface area contributed by atoms with Gasteiger partial charge in [0.15, 0.2) is 5.96 Å². The van der Waals surface area contributed by atoms with Crippen molar-refractivity contribution in [2.75, 3.05) is 19.3 Å². The first-order valence-electron chi connectivity index (χ1n) is 9.67. The lowest BCUT2D eigenvalue weighted by atomic mass is 9.95.